The van der Waals surface area contributed by atoms with Gasteiger partial charge in [-0.1, -0.05) is 24.3 Å². The normalized spacial score (nSPS) is 11.3. The molecule has 0 fully saturated rings. The number of halogens is 2. The molecule has 0 aromatic heterocycles. The first-order valence-corrected chi connectivity index (χ1v) is 4.09. The summed E-state index contributed by atoms with van der Waals surface area (Å²) in [5, 5.41) is 0. The van der Waals surface area contributed by atoms with Crippen LogP contribution in [0.4, 0.5) is 4.39 Å². The highest BCUT2D eigenvalue weighted by Gasteiger charge is 1.91. The molecule has 0 aliphatic rings. The van der Waals surface area contributed by atoms with Gasteiger partial charge in [-0.3, -0.25) is 4.79 Å². The van der Waals surface area contributed by atoms with Gasteiger partial charge in [-0.2, -0.15) is 4.39 Å². The predicted octanol–water partition coefficient (Wildman–Crippen LogP) is 3.16. The molecule has 0 spiro atoms. The number of hydrogen-bond donors (Lipinski definition) is 0. The minimum Gasteiger partial charge on any atom is -0.298 e. The molecule has 0 heterocycles. The lowest BCUT2D eigenvalue weighted by molar-refractivity contribution is 0.112. The van der Waals surface area contributed by atoms with Crippen molar-refractivity contribution in [1.29, 1.82) is 0 Å². The van der Waals surface area contributed by atoms with Gasteiger partial charge in [0.25, 0.3) is 0 Å². The van der Waals surface area contributed by atoms with Gasteiger partial charge in [0.05, 0.1) is 0 Å². The van der Waals surface area contributed by atoms with Crippen molar-refractivity contribution in [2.75, 3.05) is 0 Å². The van der Waals surface area contributed by atoms with E-state index in [-0.39, 0.29) is 0 Å². The molecular formula is C9H6BrFO. The van der Waals surface area contributed by atoms with Gasteiger partial charge in [-0.25, -0.2) is 0 Å². The van der Waals surface area contributed by atoms with Crippen LogP contribution in [0, 0.1) is 0 Å². The number of benzene rings is 1. The zero-order chi connectivity index (χ0) is 8.97. The molecule has 0 radical (unpaired) electrons. The third-order valence-electron chi connectivity index (χ3n) is 1.35. The Morgan fingerprint density at radius 1 is 1.25 bits per heavy atom. The van der Waals surface area contributed by atoms with Crippen molar-refractivity contribution >= 4 is 28.3 Å². The van der Waals surface area contributed by atoms with Crippen LogP contribution in [0.15, 0.2) is 29.0 Å². The van der Waals surface area contributed by atoms with Crippen molar-refractivity contribution in [1.82, 2.24) is 0 Å². The molecule has 1 aromatic carbocycles. The molecular weight excluding hydrogens is 223 g/mol. The highest BCUT2D eigenvalue weighted by Crippen LogP contribution is 2.13. The zero-order valence-corrected chi connectivity index (χ0v) is 7.71. The fraction of sp³-hybridized carbons (Fsp3) is 0. The summed E-state index contributed by atoms with van der Waals surface area (Å²) in [6.45, 7) is 0. The molecule has 1 rings (SSSR count). The number of aldehydes is 1. The Hall–Kier alpha value is -0.960. The van der Waals surface area contributed by atoms with Gasteiger partial charge in [0.2, 0.25) is 0 Å². The molecule has 1 aromatic rings. The lowest BCUT2D eigenvalue weighted by atomic mass is 10.1. The van der Waals surface area contributed by atoms with E-state index >= 15 is 0 Å². The maximum absolute atomic E-state index is 12.3. The molecule has 12 heavy (non-hydrogen) atoms. The first-order chi connectivity index (χ1) is 5.72. The molecule has 0 amide bonds. The Kier molecular flexibility index (Phi) is 3.17. The smallest absolute Gasteiger partial charge is 0.166 e. The van der Waals surface area contributed by atoms with E-state index < -0.39 is 4.74 Å². The summed E-state index contributed by atoms with van der Waals surface area (Å²) in [7, 11) is 0. The van der Waals surface area contributed by atoms with Crippen molar-refractivity contribution in [3.05, 3.63) is 40.1 Å². The number of hydrogen-bond acceptors (Lipinski definition) is 1. The summed E-state index contributed by atoms with van der Waals surface area (Å²) in [4.78, 5) is 10.2. The van der Waals surface area contributed by atoms with Crippen molar-refractivity contribution < 1.29 is 9.18 Å². The predicted molar refractivity (Wildman–Crippen MR) is 49.8 cm³/mol. The zero-order valence-electron chi connectivity index (χ0n) is 6.13. The maximum atomic E-state index is 12.3. The first kappa shape index (κ1) is 9.13. The average molecular weight is 229 g/mol. The first-order valence-electron chi connectivity index (χ1n) is 3.30. The van der Waals surface area contributed by atoms with Gasteiger partial charge >= 0.3 is 0 Å². The highest BCUT2D eigenvalue weighted by molar-refractivity contribution is 9.11. The summed E-state index contributed by atoms with van der Waals surface area (Å²) < 4.78 is 11.8. The van der Waals surface area contributed by atoms with Crippen LogP contribution in [-0.4, -0.2) is 6.29 Å². The van der Waals surface area contributed by atoms with E-state index in [9.17, 15) is 9.18 Å². The third-order valence-corrected chi connectivity index (χ3v) is 1.58. The van der Waals surface area contributed by atoms with Gasteiger partial charge < -0.3 is 0 Å². The lowest BCUT2D eigenvalue weighted by Gasteiger charge is -1.92. The molecule has 0 saturated carbocycles. The topological polar surface area (TPSA) is 17.1 Å². The molecule has 0 saturated heterocycles. The molecule has 0 atom stereocenters. The van der Waals surface area contributed by atoms with Crippen molar-refractivity contribution in [3.8, 4) is 0 Å². The van der Waals surface area contributed by atoms with Crippen molar-refractivity contribution in [2.24, 2.45) is 0 Å². The fourth-order valence-electron chi connectivity index (χ4n) is 0.797. The van der Waals surface area contributed by atoms with Gasteiger partial charge in [0.1, 0.15) is 6.29 Å². The van der Waals surface area contributed by atoms with Gasteiger partial charge in [-0.05, 0) is 27.6 Å². The largest absolute Gasteiger partial charge is 0.298 e. The Morgan fingerprint density at radius 2 is 1.75 bits per heavy atom. The Balaban J connectivity index is 2.92. The van der Waals surface area contributed by atoms with Crippen LogP contribution in [0.1, 0.15) is 15.9 Å². The van der Waals surface area contributed by atoms with Gasteiger partial charge in [-0.15, -0.1) is 0 Å². The monoisotopic (exact) mass is 228 g/mol. The second kappa shape index (κ2) is 4.16. The van der Waals surface area contributed by atoms with Crippen LogP contribution in [0.5, 0.6) is 0 Å². The fourth-order valence-corrected chi connectivity index (χ4v) is 1.06. The lowest BCUT2D eigenvalue weighted by Crippen LogP contribution is -1.78. The molecule has 0 aliphatic carbocycles. The van der Waals surface area contributed by atoms with Crippen molar-refractivity contribution in [3.63, 3.8) is 0 Å². The van der Waals surface area contributed by atoms with Crippen LogP contribution < -0.4 is 0 Å². The van der Waals surface area contributed by atoms with Crippen LogP contribution in [-0.2, 0) is 0 Å². The second-order valence-electron chi connectivity index (χ2n) is 2.22. The molecule has 3 heteroatoms. The van der Waals surface area contributed by atoms with Crippen LogP contribution in [0.25, 0.3) is 6.08 Å². The van der Waals surface area contributed by atoms with Crippen LogP contribution in [0.2, 0.25) is 0 Å². The van der Waals surface area contributed by atoms with E-state index in [2.05, 4.69) is 15.9 Å². The molecule has 0 bridgehead atoms. The Morgan fingerprint density at radius 3 is 2.17 bits per heavy atom. The second-order valence-corrected chi connectivity index (χ2v) is 2.98. The van der Waals surface area contributed by atoms with Gasteiger partial charge in [0.15, 0.2) is 4.74 Å². The summed E-state index contributed by atoms with van der Waals surface area (Å²) in [6, 6.07) is 6.61. The number of rotatable bonds is 2. The molecule has 0 unspecified atom stereocenters. The van der Waals surface area contributed by atoms with E-state index in [1.807, 2.05) is 0 Å². The van der Waals surface area contributed by atoms with Gasteiger partial charge in [0, 0.05) is 5.56 Å². The number of carbonyl (C=O) groups excluding carboxylic acids is 1. The summed E-state index contributed by atoms with van der Waals surface area (Å²) in [5.41, 5.74) is 1.30. The van der Waals surface area contributed by atoms with E-state index in [0.717, 1.165) is 11.8 Å². The quantitative estimate of drug-likeness (QED) is 0.712. The maximum Gasteiger partial charge on any atom is 0.166 e. The van der Waals surface area contributed by atoms with E-state index in [1.165, 1.54) is 6.08 Å². The van der Waals surface area contributed by atoms with E-state index in [1.54, 1.807) is 24.3 Å². The van der Waals surface area contributed by atoms with Crippen molar-refractivity contribution in [2.45, 2.75) is 0 Å². The summed E-state index contributed by atoms with van der Waals surface area (Å²) in [5.74, 6) is 0. The minimum atomic E-state index is -0.429. The Labute approximate surface area is 78.0 Å². The molecule has 62 valence electrons. The number of carbonyl (C=O) groups is 1. The molecule has 0 aliphatic heterocycles. The average Bonchev–Trinajstić information content (AvgIpc) is 2.05. The summed E-state index contributed by atoms with van der Waals surface area (Å²) >= 11 is 2.67. The molecule has 1 nitrogen and oxygen atoms in total. The minimum absolute atomic E-state index is 0.429. The van der Waals surface area contributed by atoms with E-state index in [4.69, 9.17) is 0 Å². The van der Waals surface area contributed by atoms with E-state index in [0.29, 0.717) is 5.56 Å². The third kappa shape index (κ3) is 2.58. The standard InChI is InChI=1S/C9H6BrFO/c10-9(11)5-7-1-3-8(6-12)4-2-7/h1-6H/b9-5-. The van der Waals surface area contributed by atoms with Crippen LogP contribution in [0.3, 0.4) is 0 Å². The SMILES string of the molecule is O=Cc1ccc(/C=C(\F)Br)cc1. The molecule has 0 N–H and O–H groups in total. The highest BCUT2D eigenvalue weighted by atomic mass is 79.9. The Bertz CT molecular complexity index is 299. The van der Waals surface area contributed by atoms with Crippen LogP contribution >= 0.6 is 15.9 Å². The summed E-state index contributed by atoms with van der Waals surface area (Å²) in [6.07, 6.45) is 2.08.